The minimum absolute atomic E-state index is 0.0972. The van der Waals surface area contributed by atoms with Crippen molar-refractivity contribution in [2.45, 2.75) is 38.8 Å². The van der Waals surface area contributed by atoms with E-state index in [0.29, 0.717) is 29.6 Å². The summed E-state index contributed by atoms with van der Waals surface area (Å²) < 4.78 is 7.07. The first kappa shape index (κ1) is 19.7. The molecule has 0 amide bonds. The highest BCUT2D eigenvalue weighted by atomic mass is 16.5. The fourth-order valence-electron chi connectivity index (χ4n) is 3.02. The first-order valence-electron chi connectivity index (χ1n) is 9.55. The number of nitrogens with zero attached hydrogens (tertiary/aromatic N) is 6. The maximum absolute atomic E-state index is 9.93. The molecule has 0 aliphatic heterocycles. The monoisotopic (exact) mass is 405 g/mol. The number of aliphatic hydroxyl groups is 1. The highest BCUT2D eigenvalue weighted by Gasteiger charge is 2.19. The van der Waals surface area contributed by atoms with E-state index in [1.807, 2.05) is 25.1 Å². The molecular formula is C21H23N7O2. The Labute approximate surface area is 173 Å². The Hall–Kier alpha value is -3.59. The van der Waals surface area contributed by atoms with E-state index < -0.39 is 5.60 Å². The van der Waals surface area contributed by atoms with Crippen molar-refractivity contribution in [2.24, 2.45) is 0 Å². The molecule has 0 fully saturated rings. The van der Waals surface area contributed by atoms with Gasteiger partial charge in [0.25, 0.3) is 5.89 Å². The molecule has 154 valence electrons. The van der Waals surface area contributed by atoms with Crippen molar-refractivity contribution in [2.75, 3.05) is 5.73 Å². The average Bonchev–Trinajstić information content (AvgIpc) is 3.36. The number of aromatic nitrogens is 6. The summed E-state index contributed by atoms with van der Waals surface area (Å²) in [6.45, 7) is 5.81. The van der Waals surface area contributed by atoms with Crippen LogP contribution in [0.4, 0.5) is 5.82 Å². The van der Waals surface area contributed by atoms with Gasteiger partial charge in [0.1, 0.15) is 5.82 Å². The zero-order valence-corrected chi connectivity index (χ0v) is 17.0. The van der Waals surface area contributed by atoms with Gasteiger partial charge in [0.05, 0.1) is 29.6 Å². The maximum Gasteiger partial charge on any atom is 0.261 e. The smallest absolute Gasteiger partial charge is 0.261 e. The van der Waals surface area contributed by atoms with Crippen LogP contribution in [0, 0.1) is 0 Å². The lowest BCUT2D eigenvalue weighted by molar-refractivity contribution is 0.0577. The lowest BCUT2D eigenvalue weighted by Crippen LogP contribution is -2.26. The summed E-state index contributed by atoms with van der Waals surface area (Å²) in [7, 11) is 0. The molecule has 0 aliphatic rings. The van der Waals surface area contributed by atoms with Crippen LogP contribution < -0.4 is 5.73 Å². The fraction of sp³-hybridized carbons (Fsp3) is 0.286. The van der Waals surface area contributed by atoms with Crippen molar-refractivity contribution < 1.29 is 9.63 Å². The Morgan fingerprint density at radius 1 is 1.10 bits per heavy atom. The molecule has 4 rings (SSSR count). The van der Waals surface area contributed by atoms with Gasteiger partial charge in [-0.05, 0) is 37.6 Å². The first-order chi connectivity index (χ1) is 14.3. The number of hydrogen-bond donors (Lipinski definition) is 2. The summed E-state index contributed by atoms with van der Waals surface area (Å²) >= 11 is 0. The number of hydrogen-bond acceptors (Lipinski definition) is 8. The zero-order chi connectivity index (χ0) is 21.3. The highest BCUT2D eigenvalue weighted by molar-refractivity contribution is 5.59. The Morgan fingerprint density at radius 2 is 1.93 bits per heavy atom. The van der Waals surface area contributed by atoms with Crippen LogP contribution in [0.15, 0.2) is 53.6 Å². The Bertz CT molecular complexity index is 1130. The van der Waals surface area contributed by atoms with Gasteiger partial charge < -0.3 is 15.4 Å². The van der Waals surface area contributed by atoms with Crippen LogP contribution >= 0.6 is 0 Å². The second-order valence-electron chi connectivity index (χ2n) is 7.87. The summed E-state index contributed by atoms with van der Waals surface area (Å²) in [6.07, 6.45) is 6.92. The number of anilines is 1. The summed E-state index contributed by atoms with van der Waals surface area (Å²) in [5, 5.41) is 18.3. The minimum atomic E-state index is -0.862. The standard InChI is InChI=1S/C21H23N7O2/c1-13(14-4-6-17(23-8-14)15-5-7-18(22)24-9-15)19-26-20(30-27-19)16-10-25-28(11-16)12-21(2,3)29/h4-11,13,29H,12H2,1-3H3,(H2,22,24). The lowest BCUT2D eigenvalue weighted by Gasteiger charge is -2.16. The summed E-state index contributed by atoms with van der Waals surface area (Å²) in [4.78, 5) is 13.1. The van der Waals surface area contributed by atoms with Gasteiger partial charge in [-0.25, -0.2) is 4.98 Å². The van der Waals surface area contributed by atoms with Crippen LogP contribution in [0.5, 0.6) is 0 Å². The zero-order valence-electron chi connectivity index (χ0n) is 17.0. The number of pyridine rings is 2. The van der Waals surface area contributed by atoms with Gasteiger partial charge in [-0.15, -0.1) is 0 Å². The summed E-state index contributed by atoms with van der Waals surface area (Å²) in [5.41, 5.74) is 8.15. The fourth-order valence-corrected chi connectivity index (χ4v) is 3.02. The summed E-state index contributed by atoms with van der Waals surface area (Å²) in [5.74, 6) is 1.32. The van der Waals surface area contributed by atoms with Crippen LogP contribution in [0.25, 0.3) is 22.7 Å². The molecule has 9 nitrogen and oxygen atoms in total. The van der Waals surface area contributed by atoms with Crippen molar-refractivity contribution in [3.63, 3.8) is 0 Å². The van der Waals surface area contributed by atoms with Crippen LogP contribution in [-0.4, -0.2) is 40.6 Å². The molecule has 30 heavy (non-hydrogen) atoms. The third kappa shape index (κ3) is 4.36. The number of rotatable bonds is 6. The topological polar surface area (TPSA) is 129 Å². The van der Waals surface area contributed by atoms with Gasteiger partial charge in [0.2, 0.25) is 0 Å². The van der Waals surface area contributed by atoms with E-state index in [2.05, 4.69) is 25.2 Å². The Kier molecular flexibility index (Phi) is 5.04. The quantitative estimate of drug-likeness (QED) is 0.501. The normalized spacial score (nSPS) is 12.8. The van der Waals surface area contributed by atoms with Crippen molar-refractivity contribution in [1.82, 2.24) is 29.9 Å². The second-order valence-corrected chi connectivity index (χ2v) is 7.87. The SMILES string of the molecule is CC(c1ccc(-c2ccc(N)nc2)nc1)c1noc(-c2cnn(CC(C)(C)O)c2)n1. The van der Waals surface area contributed by atoms with Gasteiger partial charge in [-0.2, -0.15) is 10.1 Å². The largest absolute Gasteiger partial charge is 0.389 e. The Morgan fingerprint density at radius 3 is 2.60 bits per heavy atom. The van der Waals surface area contributed by atoms with Crippen LogP contribution in [0.1, 0.15) is 38.1 Å². The molecule has 4 heterocycles. The van der Waals surface area contributed by atoms with Crippen molar-refractivity contribution in [3.8, 4) is 22.7 Å². The van der Waals surface area contributed by atoms with Gasteiger partial charge >= 0.3 is 0 Å². The molecular weight excluding hydrogens is 382 g/mol. The number of nitrogen functional groups attached to an aromatic ring is 1. The van der Waals surface area contributed by atoms with Gasteiger partial charge in [-0.3, -0.25) is 9.67 Å². The molecule has 4 aromatic heterocycles. The van der Waals surface area contributed by atoms with Crippen LogP contribution in [0.3, 0.4) is 0 Å². The molecule has 0 aromatic carbocycles. The van der Waals surface area contributed by atoms with E-state index in [-0.39, 0.29) is 5.92 Å². The van der Waals surface area contributed by atoms with E-state index in [1.165, 1.54) is 0 Å². The maximum atomic E-state index is 9.93. The van der Waals surface area contributed by atoms with Crippen LogP contribution in [-0.2, 0) is 6.54 Å². The molecule has 0 saturated carbocycles. The van der Waals surface area contributed by atoms with Crippen molar-refractivity contribution in [3.05, 3.63) is 60.4 Å². The summed E-state index contributed by atoms with van der Waals surface area (Å²) in [6, 6.07) is 7.55. The molecule has 1 atom stereocenters. The van der Waals surface area contributed by atoms with E-state index in [9.17, 15) is 5.11 Å². The third-order valence-electron chi connectivity index (χ3n) is 4.63. The van der Waals surface area contributed by atoms with E-state index in [0.717, 1.165) is 16.8 Å². The molecule has 3 N–H and O–H groups in total. The molecule has 0 radical (unpaired) electrons. The minimum Gasteiger partial charge on any atom is -0.389 e. The first-order valence-corrected chi connectivity index (χ1v) is 9.55. The van der Waals surface area contributed by atoms with Crippen LogP contribution in [0.2, 0.25) is 0 Å². The van der Waals surface area contributed by atoms with Crippen molar-refractivity contribution >= 4 is 5.82 Å². The van der Waals surface area contributed by atoms with Gasteiger partial charge in [-0.1, -0.05) is 18.1 Å². The molecule has 0 bridgehead atoms. The van der Waals surface area contributed by atoms with E-state index >= 15 is 0 Å². The van der Waals surface area contributed by atoms with Crippen molar-refractivity contribution in [1.29, 1.82) is 0 Å². The predicted molar refractivity (Wildman–Crippen MR) is 111 cm³/mol. The second kappa shape index (κ2) is 7.68. The molecule has 0 spiro atoms. The molecule has 0 saturated heterocycles. The van der Waals surface area contributed by atoms with E-state index in [4.69, 9.17) is 10.3 Å². The number of nitrogens with two attached hydrogens (primary N) is 1. The molecule has 0 aliphatic carbocycles. The average molecular weight is 405 g/mol. The predicted octanol–water partition coefficient (Wildman–Crippen LogP) is 2.90. The van der Waals surface area contributed by atoms with Gasteiger partial charge in [0, 0.05) is 30.1 Å². The molecule has 4 aromatic rings. The molecule has 9 heteroatoms. The molecule has 1 unspecified atom stereocenters. The third-order valence-corrected chi connectivity index (χ3v) is 4.63. The Balaban J connectivity index is 1.50. The van der Waals surface area contributed by atoms with Gasteiger partial charge in [0.15, 0.2) is 5.82 Å². The highest BCUT2D eigenvalue weighted by Crippen LogP contribution is 2.26. The lowest BCUT2D eigenvalue weighted by atomic mass is 10.0. The van der Waals surface area contributed by atoms with E-state index in [1.54, 1.807) is 49.4 Å².